The summed E-state index contributed by atoms with van der Waals surface area (Å²) in [6.07, 6.45) is 8.50. The van der Waals surface area contributed by atoms with Crippen LogP contribution in [0.3, 0.4) is 0 Å². The van der Waals surface area contributed by atoms with Crippen molar-refractivity contribution in [3.63, 3.8) is 0 Å². The van der Waals surface area contributed by atoms with Crippen molar-refractivity contribution < 1.29 is 37.5 Å². The van der Waals surface area contributed by atoms with E-state index in [0.29, 0.717) is 74.1 Å². The highest BCUT2D eigenvalue weighted by molar-refractivity contribution is 7.90. The van der Waals surface area contributed by atoms with Gasteiger partial charge in [0, 0.05) is 55.6 Å². The number of rotatable bonds is 12. The zero-order chi connectivity index (χ0) is 49.2. The van der Waals surface area contributed by atoms with Crippen LogP contribution >= 0.6 is 0 Å². The maximum atomic E-state index is 14.6. The number of amides is 1. The SMILES string of the molecule is CC(C)c1ccccc1[C@H]1COCCN1C1CC2(CCN(c3ccc(C(=O)NS(=O)(=O)c4ccc(NCC5CCC(C)(O)CC5)c([N+](=O)[O-])c4)c(N4c5cc6cc[nH]c6nc5O[C@@H]5COC[C@H]54)c3)CC2)C1. The monoisotopic (exact) mass is 988 g/mol. The molecule has 0 bridgehead atoms. The number of nitrogens with zero attached hydrogens (tertiary/aromatic N) is 5. The summed E-state index contributed by atoms with van der Waals surface area (Å²) in [5.41, 5.74) is 4.77. The van der Waals surface area contributed by atoms with Gasteiger partial charge in [0.05, 0.1) is 65.2 Å². The molecule has 5 fully saturated rings. The number of benzene rings is 3. The van der Waals surface area contributed by atoms with E-state index in [2.05, 4.69) is 62.9 Å². The predicted molar refractivity (Wildman–Crippen MR) is 270 cm³/mol. The molecule has 17 nitrogen and oxygen atoms in total. The van der Waals surface area contributed by atoms with Crippen LogP contribution in [0.5, 0.6) is 5.88 Å². The molecule has 376 valence electrons. The number of aromatic amines is 1. The number of carbonyl (C=O) groups excluding carboxylic acids is 1. The third-order valence-electron chi connectivity index (χ3n) is 16.4. The zero-order valence-corrected chi connectivity index (χ0v) is 41.5. The van der Waals surface area contributed by atoms with Gasteiger partial charge < -0.3 is 39.4 Å². The van der Waals surface area contributed by atoms with Gasteiger partial charge in [0.25, 0.3) is 21.6 Å². The van der Waals surface area contributed by atoms with Gasteiger partial charge in [0.15, 0.2) is 0 Å². The first-order valence-electron chi connectivity index (χ1n) is 25.3. The lowest BCUT2D eigenvalue weighted by atomic mass is 9.59. The van der Waals surface area contributed by atoms with Gasteiger partial charge in [0.1, 0.15) is 23.1 Å². The highest BCUT2D eigenvalue weighted by atomic mass is 32.2. The molecule has 0 radical (unpaired) electrons. The van der Waals surface area contributed by atoms with Gasteiger partial charge in [-0.2, -0.15) is 4.98 Å². The number of hydrogen-bond donors (Lipinski definition) is 4. The zero-order valence-electron chi connectivity index (χ0n) is 40.6. The molecule has 2 aromatic heterocycles. The third kappa shape index (κ3) is 9.22. The fourth-order valence-electron chi connectivity index (χ4n) is 12.3. The number of nitro benzene ring substituents is 1. The van der Waals surface area contributed by atoms with Crippen molar-refractivity contribution in [1.82, 2.24) is 19.6 Å². The lowest BCUT2D eigenvalue weighted by molar-refractivity contribution is -0.384. The number of piperidine rings is 1. The standard InChI is InChI=1S/C53H64N8O9S/c1-33(2)39-6-4-5-7-40(39)46-30-68-23-22-59(46)37-27-53(28-37)17-20-58(21-18-53)36-8-10-41(43(25-36)60-45-24-35-14-19-54-49(35)56-51(45)70-48-32-69-31-47(48)60)50(62)57-71(66,67)38-9-11-42(44(26-38)61(64)65)55-29-34-12-15-52(3,63)16-13-34/h4-11,14,19,24-26,33-34,37,46-48,55,63H,12-13,15-18,20-23,27-32H2,1-3H3,(H,54,56)(H,57,62)/t34?,46-,47-,48-,52?/m1/s1. The van der Waals surface area contributed by atoms with Gasteiger partial charge in [-0.3, -0.25) is 19.8 Å². The smallest absolute Gasteiger partial charge is 0.293 e. The average Bonchev–Trinajstić information content (AvgIpc) is 4.03. The summed E-state index contributed by atoms with van der Waals surface area (Å²) in [4.78, 5) is 41.0. The first-order chi connectivity index (χ1) is 34.1. The number of fused-ring (bicyclic) bond motifs is 3. The Balaban J connectivity index is 0.857. The molecule has 1 spiro atoms. The number of aliphatic hydroxyl groups is 1. The summed E-state index contributed by atoms with van der Waals surface area (Å²) in [6, 6.07) is 22.2. The molecule has 3 aromatic carbocycles. The van der Waals surface area contributed by atoms with Crippen LogP contribution in [-0.4, -0.2) is 116 Å². The number of hydrogen-bond acceptors (Lipinski definition) is 14. The van der Waals surface area contributed by atoms with E-state index >= 15 is 0 Å². The molecule has 5 aromatic rings. The van der Waals surface area contributed by atoms with Crippen molar-refractivity contribution >= 4 is 55.4 Å². The second-order valence-electron chi connectivity index (χ2n) is 21.4. The van der Waals surface area contributed by atoms with Gasteiger partial charge in [-0.25, -0.2) is 13.1 Å². The number of H-pyrrole nitrogens is 1. The lowest BCUT2D eigenvalue weighted by Gasteiger charge is -2.57. The minimum Gasteiger partial charge on any atom is -0.468 e. The number of nitro groups is 1. The molecule has 3 atom stereocenters. The van der Waals surface area contributed by atoms with E-state index in [4.69, 9.17) is 19.2 Å². The van der Waals surface area contributed by atoms with Crippen LogP contribution in [0.15, 0.2) is 83.9 Å². The predicted octanol–water partition coefficient (Wildman–Crippen LogP) is 8.19. The van der Waals surface area contributed by atoms with Crippen LogP contribution in [0.4, 0.5) is 28.4 Å². The summed E-state index contributed by atoms with van der Waals surface area (Å²) >= 11 is 0. The Hall–Kier alpha value is -5.79. The van der Waals surface area contributed by atoms with E-state index in [1.807, 2.05) is 36.1 Å². The summed E-state index contributed by atoms with van der Waals surface area (Å²) in [7, 11) is -4.62. The largest absolute Gasteiger partial charge is 0.468 e. The van der Waals surface area contributed by atoms with Crippen molar-refractivity contribution in [2.24, 2.45) is 11.3 Å². The van der Waals surface area contributed by atoms with E-state index in [1.54, 1.807) is 12.3 Å². The number of morpholine rings is 1. The molecule has 11 rings (SSSR count). The number of sulfonamides is 1. The van der Waals surface area contributed by atoms with Crippen molar-refractivity contribution in [3.8, 4) is 5.88 Å². The maximum absolute atomic E-state index is 14.6. The normalized spacial score (nSPS) is 25.6. The Kier molecular flexibility index (Phi) is 12.5. The van der Waals surface area contributed by atoms with Gasteiger partial charge in [-0.05, 0) is 129 Å². The van der Waals surface area contributed by atoms with Gasteiger partial charge in [0.2, 0.25) is 5.88 Å². The molecule has 0 unspecified atom stereocenters. The van der Waals surface area contributed by atoms with Crippen molar-refractivity contribution in [3.05, 3.63) is 106 Å². The van der Waals surface area contributed by atoms with Gasteiger partial charge in [-0.15, -0.1) is 0 Å². The number of carbonyl (C=O) groups is 1. The first-order valence-corrected chi connectivity index (χ1v) is 26.8. The van der Waals surface area contributed by atoms with Gasteiger partial charge in [-0.1, -0.05) is 38.1 Å². The second kappa shape index (κ2) is 18.7. The van der Waals surface area contributed by atoms with E-state index in [1.165, 1.54) is 23.3 Å². The van der Waals surface area contributed by atoms with Crippen molar-refractivity contribution in [2.75, 3.05) is 67.7 Å². The van der Waals surface area contributed by atoms with Crippen LogP contribution in [-0.2, 0) is 19.5 Å². The Morgan fingerprint density at radius 3 is 2.52 bits per heavy atom. The Morgan fingerprint density at radius 2 is 1.75 bits per heavy atom. The highest BCUT2D eigenvalue weighted by Gasteiger charge is 2.50. The van der Waals surface area contributed by atoms with Crippen LogP contribution in [0.25, 0.3) is 11.0 Å². The Morgan fingerprint density at radius 1 is 0.958 bits per heavy atom. The lowest BCUT2D eigenvalue weighted by Crippen LogP contribution is -2.58. The first kappa shape index (κ1) is 47.5. The minimum absolute atomic E-state index is 0.0960. The van der Waals surface area contributed by atoms with Crippen LogP contribution < -0.4 is 24.6 Å². The molecule has 2 aliphatic carbocycles. The van der Waals surface area contributed by atoms with E-state index < -0.39 is 43.1 Å². The molecule has 3 saturated heterocycles. The molecule has 1 amide bonds. The summed E-state index contributed by atoms with van der Waals surface area (Å²) in [5, 5.41) is 26.7. The number of pyridine rings is 1. The van der Waals surface area contributed by atoms with Crippen LogP contribution in [0.1, 0.15) is 106 Å². The number of nitrogens with one attached hydrogen (secondary N) is 3. The van der Waals surface area contributed by atoms with Crippen molar-refractivity contribution in [2.45, 2.75) is 113 Å². The summed E-state index contributed by atoms with van der Waals surface area (Å²) in [5.74, 6) is 0.0985. The number of anilines is 4. The third-order valence-corrected chi connectivity index (χ3v) is 17.8. The topological polar surface area (TPSA) is 205 Å². The molecule has 4 aliphatic heterocycles. The Bertz CT molecular complexity index is 2940. The van der Waals surface area contributed by atoms with Crippen LogP contribution in [0, 0.1) is 21.4 Å². The maximum Gasteiger partial charge on any atom is 0.293 e. The van der Waals surface area contributed by atoms with E-state index in [-0.39, 0.29) is 34.7 Å². The highest BCUT2D eigenvalue weighted by Crippen LogP contribution is 2.54. The minimum atomic E-state index is -4.62. The summed E-state index contributed by atoms with van der Waals surface area (Å²) < 4.78 is 49.0. The molecule has 6 heterocycles. The Labute approximate surface area is 414 Å². The molecule has 18 heteroatoms. The fraction of sp³-hybridized carbons (Fsp3) is 0.509. The van der Waals surface area contributed by atoms with E-state index in [9.17, 15) is 28.4 Å². The summed E-state index contributed by atoms with van der Waals surface area (Å²) in [6.45, 7) is 11.4. The molecular weight excluding hydrogens is 925 g/mol. The molecular formula is C53H64N8O9S. The second-order valence-corrected chi connectivity index (χ2v) is 23.1. The van der Waals surface area contributed by atoms with E-state index in [0.717, 1.165) is 81.9 Å². The van der Waals surface area contributed by atoms with Gasteiger partial charge >= 0.3 is 0 Å². The number of aromatic nitrogens is 2. The quantitative estimate of drug-likeness (QED) is 0.0688. The molecule has 4 N–H and O–H groups in total. The van der Waals surface area contributed by atoms with Crippen molar-refractivity contribution in [1.29, 1.82) is 0 Å². The molecule has 6 aliphatic rings. The average molecular weight is 989 g/mol. The number of ether oxygens (including phenoxy) is 3. The molecule has 71 heavy (non-hydrogen) atoms. The molecule has 2 saturated carbocycles. The van der Waals surface area contributed by atoms with Crippen LogP contribution in [0.2, 0.25) is 0 Å². The fourth-order valence-corrected chi connectivity index (χ4v) is 13.3.